The van der Waals surface area contributed by atoms with E-state index < -0.39 is 11.5 Å². The van der Waals surface area contributed by atoms with Crippen molar-refractivity contribution >= 4 is 11.9 Å². The number of hydrogen-bond donors (Lipinski definition) is 1. The lowest BCUT2D eigenvalue weighted by Gasteiger charge is -2.34. The van der Waals surface area contributed by atoms with Gasteiger partial charge in [-0.25, -0.2) is 0 Å². The molecule has 1 heterocycles. The number of carboxylic acids is 1. The van der Waals surface area contributed by atoms with E-state index in [1.165, 1.54) is 4.90 Å². The molecule has 1 rings (SSSR count). The van der Waals surface area contributed by atoms with Crippen LogP contribution in [0.3, 0.4) is 0 Å². The number of aliphatic carboxylic acids is 1. The third-order valence-corrected chi connectivity index (χ3v) is 2.88. The van der Waals surface area contributed by atoms with Crippen LogP contribution >= 0.6 is 0 Å². The normalized spacial score (nSPS) is 11.3. The molecular weight excluding hydrogens is 220 g/mol. The predicted molar refractivity (Wildman–Crippen MR) is 63.8 cm³/mol. The molecule has 0 aromatic carbocycles. The minimum atomic E-state index is -0.914. The maximum absolute atomic E-state index is 12.1. The number of aromatic nitrogens is 1. The molecule has 0 spiro atoms. The summed E-state index contributed by atoms with van der Waals surface area (Å²) >= 11 is 0. The smallest absolute Gasteiger partial charge is 0.305 e. The quantitative estimate of drug-likeness (QED) is 0.861. The Morgan fingerprint density at radius 3 is 2.47 bits per heavy atom. The fourth-order valence-electron chi connectivity index (χ4n) is 1.59. The molecule has 0 aliphatic carbocycles. The molecule has 0 radical (unpaired) electrons. The Kier molecular flexibility index (Phi) is 3.60. The van der Waals surface area contributed by atoms with Crippen molar-refractivity contribution in [1.29, 1.82) is 0 Å². The molecule has 0 saturated heterocycles. The molecule has 1 amide bonds. The van der Waals surface area contributed by atoms with Gasteiger partial charge in [-0.05, 0) is 19.9 Å². The monoisotopic (exact) mass is 238 g/mol. The zero-order chi connectivity index (χ0) is 13.2. The molecule has 1 N–H and O–H groups in total. The average molecular weight is 238 g/mol. The van der Waals surface area contributed by atoms with Crippen molar-refractivity contribution in [1.82, 2.24) is 9.47 Å². The second kappa shape index (κ2) is 4.61. The average Bonchev–Trinajstić information content (AvgIpc) is 2.60. The zero-order valence-corrected chi connectivity index (χ0v) is 10.6. The predicted octanol–water partition coefficient (Wildman–Crippen LogP) is 1.35. The van der Waals surface area contributed by atoms with Crippen LogP contribution in [-0.2, 0) is 11.8 Å². The highest BCUT2D eigenvalue weighted by Crippen LogP contribution is 2.19. The number of carbonyl (C=O) groups excluding carboxylic acids is 1. The Morgan fingerprint density at radius 2 is 2.06 bits per heavy atom. The molecule has 0 aliphatic heterocycles. The number of carbonyl (C=O) groups is 2. The Hall–Kier alpha value is -1.78. The van der Waals surface area contributed by atoms with Crippen molar-refractivity contribution in [2.24, 2.45) is 7.05 Å². The van der Waals surface area contributed by atoms with Gasteiger partial charge in [0.05, 0.1) is 12.0 Å². The van der Waals surface area contributed by atoms with Crippen LogP contribution in [-0.4, -0.2) is 39.0 Å². The van der Waals surface area contributed by atoms with Crippen LogP contribution in [0.4, 0.5) is 0 Å². The lowest BCUT2D eigenvalue weighted by Crippen LogP contribution is -2.46. The van der Waals surface area contributed by atoms with Gasteiger partial charge in [0.1, 0.15) is 0 Å². The summed E-state index contributed by atoms with van der Waals surface area (Å²) in [6.07, 6.45) is 3.42. The summed E-state index contributed by atoms with van der Waals surface area (Å²) in [6, 6.07) is 1.72. The fraction of sp³-hybridized carbons (Fsp3) is 0.500. The molecule has 1 aromatic heterocycles. The Labute approximate surface area is 101 Å². The molecule has 0 bridgehead atoms. The second-order valence-corrected chi connectivity index (χ2v) is 4.81. The third kappa shape index (κ3) is 3.09. The van der Waals surface area contributed by atoms with E-state index in [4.69, 9.17) is 5.11 Å². The molecule has 5 heteroatoms. The van der Waals surface area contributed by atoms with Crippen LogP contribution < -0.4 is 0 Å². The van der Waals surface area contributed by atoms with Crippen LogP contribution in [0.2, 0.25) is 0 Å². The topological polar surface area (TPSA) is 62.5 Å². The van der Waals surface area contributed by atoms with Gasteiger partial charge in [0.15, 0.2) is 0 Å². The number of aryl methyl sites for hydroxylation is 1. The lowest BCUT2D eigenvalue weighted by molar-refractivity contribution is -0.139. The Morgan fingerprint density at radius 1 is 1.47 bits per heavy atom. The molecule has 17 heavy (non-hydrogen) atoms. The highest BCUT2D eigenvalue weighted by molar-refractivity contribution is 5.94. The third-order valence-electron chi connectivity index (χ3n) is 2.88. The SMILES string of the molecule is CN(C(=O)c1ccn(C)c1)C(C)(C)CC(=O)O. The molecule has 0 saturated carbocycles. The summed E-state index contributed by atoms with van der Waals surface area (Å²) in [4.78, 5) is 24.3. The number of rotatable bonds is 4. The Bertz CT molecular complexity index is 435. The molecule has 0 fully saturated rings. The molecular formula is C12H18N2O3. The van der Waals surface area contributed by atoms with E-state index in [0.29, 0.717) is 5.56 Å². The Balaban J connectivity index is 2.86. The zero-order valence-electron chi connectivity index (χ0n) is 10.6. The van der Waals surface area contributed by atoms with Gasteiger partial charge in [0.25, 0.3) is 5.91 Å². The van der Waals surface area contributed by atoms with E-state index in [0.717, 1.165) is 0 Å². The number of hydrogen-bond acceptors (Lipinski definition) is 2. The van der Waals surface area contributed by atoms with Gasteiger partial charge in [-0.3, -0.25) is 9.59 Å². The van der Waals surface area contributed by atoms with Crippen LogP contribution in [0.15, 0.2) is 18.5 Å². The molecule has 0 atom stereocenters. The molecule has 5 nitrogen and oxygen atoms in total. The van der Waals surface area contributed by atoms with Crippen LogP contribution in [0.25, 0.3) is 0 Å². The van der Waals surface area contributed by atoms with Crippen molar-refractivity contribution in [3.8, 4) is 0 Å². The van der Waals surface area contributed by atoms with Crippen LogP contribution in [0.1, 0.15) is 30.6 Å². The minimum Gasteiger partial charge on any atom is -0.481 e. The number of carboxylic acid groups (broad SMARTS) is 1. The number of nitrogens with zero attached hydrogens (tertiary/aromatic N) is 2. The molecule has 94 valence electrons. The fourth-order valence-corrected chi connectivity index (χ4v) is 1.59. The first-order valence-corrected chi connectivity index (χ1v) is 5.36. The van der Waals surface area contributed by atoms with E-state index in [-0.39, 0.29) is 12.3 Å². The van der Waals surface area contributed by atoms with Crippen molar-refractivity contribution in [3.05, 3.63) is 24.0 Å². The summed E-state index contributed by atoms with van der Waals surface area (Å²) in [5.41, 5.74) is -0.146. The molecule has 0 unspecified atom stereocenters. The maximum Gasteiger partial charge on any atom is 0.305 e. The molecule has 0 aliphatic rings. The second-order valence-electron chi connectivity index (χ2n) is 4.81. The van der Waals surface area contributed by atoms with Crippen molar-refractivity contribution in [2.45, 2.75) is 25.8 Å². The van der Waals surface area contributed by atoms with E-state index >= 15 is 0 Å². The minimum absolute atomic E-state index is 0.0813. The van der Waals surface area contributed by atoms with Gasteiger partial charge < -0.3 is 14.6 Å². The summed E-state index contributed by atoms with van der Waals surface area (Å²) < 4.78 is 1.78. The van der Waals surface area contributed by atoms with Crippen molar-refractivity contribution in [2.75, 3.05) is 7.05 Å². The van der Waals surface area contributed by atoms with Gasteiger partial charge in [0.2, 0.25) is 0 Å². The van der Waals surface area contributed by atoms with E-state index in [1.807, 2.05) is 7.05 Å². The lowest BCUT2D eigenvalue weighted by atomic mass is 9.98. The van der Waals surface area contributed by atoms with Gasteiger partial charge in [0, 0.05) is 32.0 Å². The van der Waals surface area contributed by atoms with Gasteiger partial charge in [-0.1, -0.05) is 0 Å². The highest BCUT2D eigenvalue weighted by Gasteiger charge is 2.30. The maximum atomic E-state index is 12.1. The van der Waals surface area contributed by atoms with E-state index in [2.05, 4.69) is 0 Å². The first-order valence-electron chi connectivity index (χ1n) is 5.36. The highest BCUT2D eigenvalue weighted by atomic mass is 16.4. The van der Waals surface area contributed by atoms with Gasteiger partial charge in [-0.15, -0.1) is 0 Å². The molecule has 1 aromatic rings. The first kappa shape index (κ1) is 13.3. The van der Waals surface area contributed by atoms with Crippen LogP contribution in [0, 0.1) is 0 Å². The van der Waals surface area contributed by atoms with Gasteiger partial charge in [-0.2, -0.15) is 0 Å². The van der Waals surface area contributed by atoms with Crippen LogP contribution in [0.5, 0.6) is 0 Å². The van der Waals surface area contributed by atoms with Crippen molar-refractivity contribution in [3.63, 3.8) is 0 Å². The summed E-state index contributed by atoms with van der Waals surface area (Å²) in [5.74, 6) is -1.08. The number of amides is 1. The first-order chi connectivity index (χ1) is 7.74. The van der Waals surface area contributed by atoms with E-state index in [9.17, 15) is 9.59 Å². The summed E-state index contributed by atoms with van der Waals surface area (Å²) in [5, 5.41) is 8.81. The van der Waals surface area contributed by atoms with E-state index in [1.54, 1.807) is 43.9 Å². The largest absolute Gasteiger partial charge is 0.481 e. The summed E-state index contributed by atoms with van der Waals surface area (Å²) in [6.45, 7) is 3.48. The summed E-state index contributed by atoms with van der Waals surface area (Å²) in [7, 11) is 3.46. The standard InChI is InChI=1S/C12H18N2O3/c1-12(2,7-10(15)16)14(4)11(17)9-5-6-13(3)8-9/h5-6,8H,7H2,1-4H3,(H,15,16). The van der Waals surface area contributed by atoms with Crippen molar-refractivity contribution < 1.29 is 14.7 Å². The van der Waals surface area contributed by atoms with Gasteiger partial charge >= 0.3 is 5.97 Å².